The van der Waals surface area contributed by atoms with E-state index in [0.717, 1.165) is 30.9 Å². The monoisotopic (exact) mass is 424 g/mol. The number of nitrogen functional groups attached to an aromatic ring is 1. The first-order chi connectivity index (χ1) is 14.6. The largest absolute Gasteiger partial charge is 0.382 e. The third-order valence-electron chi connectivity index (χ3n) is 5.19. The Labute approximate surface area is 180 Å². The molecule has 156 valence electrons. The number of carbonyl (C=O) groups is 1. The van der Waals surface area contributed by atoms with Gasteiger partial charge in [-0.15, -0.1) is 0 Å². The number of benzene rings is 2. The SMILES string of the molecule is Nc1c(NC(=O)NCCN2CCCC2)c(-c2ccc(Cl)cc2)nn1-c1ccccc1. The fourth-order valence-electron chi connectivity index (χ4n) is 3.62. The lowest BCUT2D eigenvalue weighted by Crippen LogP contribution is -2.36. The van der Waals surface area contributed by atoms with Gasteiger partial charge in [-0.3, -0.25) is 0 Å². The molecule has 1 fully saturated rings. The fourth-order valence-corrected chi connectivity index (χ4v) is 3.75. The van der Waals surface area contributed by atoms with E-state index in [9.17, 15) is 4.79 Å². The molecule has 0 unspecified atom stereocenters. The number of nitrogens with one attached hydrogen (secondary N) is 2. The summed E-state index contributed by atoms with van der Waals surface area (Å²) in [4.78, 5) is 14.9. The fraction of sp³-hybridized carbons (Fsp3) is 0.273. The zero-order valence-electron chi connectivity index (χ0n) is 16.6. The highest BCUT2D eigenvalue weighted by Gasteiger charge is 2.20. The van der Waals surface area contributed by atoms with E-state index in [1.165, 1.54) is 12.8 Å². The van der Waals surface area contributed by atoms with Gasteiger partial charge in [0, 0.05) is 23.7 Å². The number of hydrogen-bond donors (Lipinski definition) is 3. The Bertz CT molecular complexity index is 996. The molecule has 4 N–H and O–H groups in total. The predicted octanol–water partition coefficient (Wildman–Crippen LogP) is 3.99. The van der Waals surface area contributed by atoms with E-state index in [0.29, 0.717) is 28.8 Å². The van der Waals surface area contributed by atoms with Crippen molar-refractivity contribution in [3.05, 3.63) is 59.6 Å². The second kappa shape index (κ2) is 9.19. The number of anilines is 2. The van der Waals surface area contributed by atoms with E-state index in [-0.39, 0.29) is 6.03 Å². The summed E-state index contributed by atoms with van der Waals surface area (Å²) in [6.45, 7) is 3.62. The number of nitrogens with zero attached hydrogens (tertiary/aromatic N) is 3. The highest BCUT2D eigenvalue weighted by atomic mass is 35.5. The van der Waals surface area contributed by atoms with Crippen molar-refractivity contribution in [1.29, 1.82) is 0 Å². The number of aromatic nitrogens is 2. The van der Waals surface area contributed by atoms with Gasteiger partial charge in [0.15, 0.2) is 5.82 Å². The number of likely N-dealkylation sites (tertiary alicyclic amines) is 1. The van der Waals surface area contributed by atoms with Crippen LogP contribution in [-0.2, 0) is 0 Å². The van der Waals surface area contributed by atoms with Crippen molar-refractivity contribution < 1.29 is 4.79 Å². The molecular weight excluding hydrogens is 400 g/mol. The molecule has 1 aromatic heterocycles. The molecular formula is C22H25ClN6O. The maximum atomic E-state index is 12.6. The average Bonchev–Trinajstić information content (AvgIpc) is 3.38. The molecule has 2 aromatic carbocycles. The van der Waals surface area contributed by atoms with Gasteiger partial charge in [-0.05, 0) is 50.2 Å². The number of rotatable bonds is 6. The van der Waals surface area contributed by atoms with E-state index in [4.69, 9.17) is 17.3 Å². The van der Waals surface area contributed by atoms with Crippen molar-refractivity contribution in [2.45, 2.75) is 12.8 Å². The smallest absolute Gasteiger partial charge is 0.319 e. The van der Waals surface area contributed by atoms with Gasteiger partial charge in [0.25, 0.3) is 0 Å². The van der Waals surface area contributed by atoms with Crippen LogP contribution in [0, 0.1) is 0 Å². The van der Waals surface area contributed by atoms with Crippen molar-refractivity contribution >= 4 is 29.1 Å². The zero-order chi connectivity index (χ0) is 20.9. The summed E-state index contributed by atoms with van der Waals surface area (Å²) in [5, 5.41) is 11.1. The highest BCUT2D eigenvalue weighted by molar-refractivity contribution is 6.30. The number of para-hydroxylation sites is 1. The van der Waals surface area contributed by atoms with Crippen LogP contribution >= 0.6 is 11.6 Å². The van der Waals surface area contributed by atoms with Crippen LogP contribution in [0.3, 0.4) is 0 Å². The minimum absolute atomic E-state index is 0.302. The van der Waals surface area contributed by atoms with E-state index in [1.54, 1.807) is 16.8 Å². The molecule has 0 atom stereocenters. The first kappa shape index (κ1) is 20.3. The van der Waals surface area contributed by atoms with Gasteiger partial charge in [-0.2, -0.15) is 5.10 Å². The van der Waals surface area contributed by atoms with E-state index in [2.05, 4.69) is 20.6 Å². The van der Waals surface area contributed by atoms with E-state index < -0.39 is 0 Å². The Hall–Kier alpha value is -3.03. The lowest BCUT2D eigenvalue weighted by Gasteiger charge is -2.15. The Kier molecular flexibility index (Phi) is 6.21. The standard InChI is InChI=1S/C22H25ClN6O/c23-17-10-8-16(9-11-17)19-20(21(24)29(27-19)18-6-2-1-3-7-18)26-22(30)25-12-15-28-13-4-5-14-28/h1-3,6-11H,4-5,12-15,24H2,(H2,25,26,30). The molecule has 1 saturated heterocycles. The second-order valence-electron chi connectivity index (χ2n) is 7.29. The highest BCUT2D eigenvalue weighted by Crippen LogP contribution is 2.34. The van der Waals surface area contributed by atoms with Gasteiger partial charge in [0.05, 0.1) is 5.69 Å². The third-order valence-corrected chi connectivity index (χ3v) is 5.44. The van der Waals surface area contributed by atoms with Gasteiger partial charge >= 0.3 is 6.03 Å². The summed E-state index contributed by atoms with van der Waals surface area (Å²) in [5.41, 5.74) is 9.09. The molecule has 1 aliphatic rings. The molecule has 1 aliphatic heterocycles. The van der Waals surface area contributed by atoms with Crippen molar-refractivity contribution in [3.63, 3.8) is 0 Å². The normalized spacial score (nSPS) is 14.0. The van der Waals surface area contributed by atoms with Gasteiger partial charge in [0.2, 0.25) is 0 Å². The Morgan fingerprint density at radius 2 is 1.77 bits per heavy atom. The van der Waals surface area contributed by atoms with E-state index in [1.807, 2.05) is 42.5 Å². The van der Waals surface area contributed by atoms with Gasteiger partial charge in [0.1, 0.15) is 11.4 Å². The van der Waals surface area contributed by atoms with Crippen LogP contribution in [0.4, 0.5) is 16.3 Å². The number of halogens is 1. The van der Waals surface area contributed by atoms with Crippen molar-refractivity contribution in [2.24, 2.45) is 0 Å². The first-order valence-electron chi connectivity index (χ1n) is 10.1. The summed E-state index contributed by atoms with van der Waals surface area (Å²) in [7, 11) is 0. The summed E-state index contributed by atoms with van der Waals surface area (Å²) >= 11 is 6.03. The Morgan fingerprint density at radius 3 is 2.47 bits per heavy atom. The molecule has 4 rings (SSSR count). The van der Waals surface area contributed by atoms with Crippen LogP contribution in [0.1, 0.15) is 12.8 Å². The predicted molar refractivity (Wildman–Crippen MR) is 121 cm³/mol. The Balaban J connectivity index is 1.57. The maximum absolute atomic E-state index is 12.6. The molecule has 3 aromatic rings. The van der Waals surface area contributed by atoms with Crippen LogP contribution in [0.2, 0.25) is 5.02 Å². The van der Waals surface area contributed by atoms with Crippen LogP contribution < -0.4 is 16.4 Å². The molecule has 8 heteroatoms. The van der Waals surface area contributed by atoms with Crippen LogP contribution in [0.15, 0.2) is 54.6 Å². The Morgan fingerprint density at radius 1 is 1.07 bits per heavy atom. The van der Waals surface area contributed by atoms with Crippen molar-refractivity contribution in [3.8, 4) is 16.9 Å². The third kappa shape index (κ3) is 4.58. The topological polar surface area (TPSA) is 88.2 Å². The molecule has 0 aliphatic carbocycles. The van der Waals surface area contributed by atoms with Crippen LogP contribution in [-0.4, -0.2) is 46.9 Å². The summed E-state index contributed by atoms with van der Waals surface area (Å²) in [5.74, 6) is 0.362. The van der Waals surface area contributed by atoms with Gasteiger partial charge < -0.3 is 21.3 Å². The molecule has 0 saturated carbocycles. The second-order valence-corrected chi connectivity index (χ2v) is 7.73. The maximum Gasteiger partial charge on any atom is 0.319 e. The average molecular weight is 425 g/mol. The van der Waals surface area contributed by atoms with Crippen molar-refractivity contribution in [2.75, 3.05) is 37.2 Å². The number of urea groups is 1. The summed E-state index contributed by atoms with van der Waals surface area (Å²) in [6, 6.07) is 16.6. The minimum atomic E-state index is -0.302. The molecule has 7 nitrogen and oxygen atoms in total. The minimum Gasteiger partial charge on any atom is -0.382 e. The lowest BCUT2D eigenvalue weighted by molar-refractivity contribution is 0.249. The van der Waals surface area contributed by atoms with Gasteiger partial charge in [-0.1, -0.05) is 41.9 Å². The summed E-state index contributed by atoms with van der Waals surface area (Å²) < 4.78 is 1.63. The van der Waals surface area contributed by atoms with Gasteiger partial charge in [-0.25, -0.2) is 9.48 Å². The van der Waals surface area contributed by atoms with E-state index >= 15 is 0 Å². The van der Waals surface area contributed by atoms with Crippen LogP contribution in [0.5, 0.6) is 0 Å². The quantitative estimate of drug-likeness (QED) is 0.558. The number of amides is 2. The lowest BCUT2D eigenvalue weighted by atomic mass is 10.1. The zero-order valence-corrected chi connectivity index (χ0v) is 17.4. The van der Waals surface area contributed by atoms with Crippen LogP contribution in [0.25, 0.3) is 16.9 Å². The number of carbonyl (C=O) groups excluding carboxylic acids is 1. The number of nitrogens with two attached hydrogens (primary N) is 1. The molecule has 2 amide bonds. The molecule has 30 heavy (non-hydrogen) atoms. The molecule has 0 bridgehead atoms. The molecule has 2 heterocycles. The molecule has 0 spiro atoms. The number of hydrogen-bond acceptors (Lipinski definition) is 4. The molecule has 0 radical (unpaired) electrons. The van der Waals surface area contributed by atoms with Crippen molar-refractivity contribution in [1.82, 2.24) is 20.0 Å². The first-order valence-corrected chi connectivity index (χ1v) is 10.5. The summed E-state index contributed by atoms with van der Waals surface area (Å²) in [6.07, 6.45) is 2.46.